The number of esters is 1. The topological polar surface area (TPSA) is 101 Å². The van der Waals surface area contributed by atoms with Crippen LogP contribution < -0.4 is 10.9 Å². The zero-order valence-electron chi connectivity index (χ0n) is 13.3. The largest absolute Gasteiger partial charge is 0.452 e. The number of nitrogens with one attached hydrogen (secondary N) is 2. The summed E-state index contributed by atoms with van der Waals surface area (Å²) in [4.78, 5) is 35.5. The quantitative estimate of drug-likeness (QED) is 0.799. The molecule has 0 fully saturated rings. The number of nitrogens with zero attached hydrogens (tertiary/aromatic N) is 1. The van der Waals surface area contributed by atoms with E-state index in [0.29, 0.717) is 16.5 Å². The van der Waals surface area contributed by atoms with Gasteiger partial charge >= 0.3 is 5.97 Å². The lowest BCUT2D eigenvalue weighted by Gasteiger charge is -2.15. The van der Waals surface area contributed by atoms with Gasteiger partial charge in [0.1, 0.15) is 0 Å². The van der Waals surface area contributed by atoms with Gasteiger partial charge in [0.05, 0.1) is 17.5 Å². The number of aromatic amines is 1. The maximum absolute atomic E-state index is 12.0. The molecule has 0 saturated carbocycles. The van der Waals surface area contributed by atoms with Gasteiger partial charge in [0.2, 0.25) is 0 Å². The average molecular weight is 317 g/mol. The third-order valence-corrected chi connectivity index (χ3v) is 3.20. The Morgan fingerprint density at radius 1 is 1.22 bits per heavy atom. The molecule has 122 valence electrons. The van der Waals surface area contributed by atoms with Crippen LogP contribution in [0.3, 0.4) is 0 Å². The van der Waals surface area contributed by atoms with Crippen LogP contribution in [0.4, 0.5) is 0 Å². The molecule has 1 aromatic carbocycles. The second-order valence-electron chi connectivity index (χ2n) is 5.52. The Hall–Kier alpha value is -2.70. The molecule has 0 aliphatic rings. The van der Waals surface area contributed by atoms with Crippen molar-refractivity contribution in [2.24, 2.45) is 0 Å². The Morgan fingerprint density at radius 3 is 2.52 bits per heavy atom. The summed E-state index contributed by atoms with van der Waals surface area (Å²) in [6, 6.07) is 6.83. The van der Waals surface area contributed by atoms with Crippen molar-refractivity contribution in [1.29, 1.82) is 0 Å². The second-order valence-corrected chi connectivity index (χ2v) is 5.52. The molecule has 0 unspecified atom stereocenters. The molecule has 2 aromatic rings. The van der Waals surface area contributed by atoms with Crippen molar-refractivity contribution < 1.29 is 14.3 Å². The van der Waals surface area contributed by atoms with Crippen molar-refractivity contribution >= 4 is 22.6 Å². The maximum atomic E-state index is 12.0. The molecule has 1 atom stereocenters. The fourth-order valence-electron chi connectivity index (χ4n) is 2.14. The van der Waals surface area contributed by atoms with E-state index in [2.05, 4.69) is 15.5 Å². The molecule has 1 heterocycles. The monoisotopic (exact) mass is 317 g/mol. The first kappa shape index (κ1) is 16.7. The number of carbonyl (C=O) groups is 2. The average Bonchev–Trinajstić information content (AvgIpc) is 2.49. The van der Waals surface area contributed by atoms with E-state index in [0.717, 1.165) is 0 Å². The standard InChI is InChI=1S/C16H19N3O4/c1-9(2)17-15(21)10(3)23-14(20)8-13-11-6-4-5-7-12(11)16(22)19-18-13/h4-7,9-10H,8H2,1-3H3,(H,17,21)(H,19,22)/t10-/m0/s1. The Labute approximate surface area is 133 Å². The molecule has 0 aliphatic heterocycles. The summed E-state index contributed by atoms with van der Waals surface area (Å²) >= 11 is 0. The van der Waals surface area contributed by atoms with Crippen LogP contribution in [0.25, 0.3) is 10.8 Å². The van der Waals surface area contributed by atoms with Crippen molar-refractivity contribution in [2.45, 2.75) is 39.3 Å². The molecule has 2 N–H and O–H groups in total. The number of fused-ring (bicyclic) bond motifs is 1. The summed E-state index contributed by atoms with van der Waals surface area (Å²) < 4.78 is 5.11. The van der Waals surface area contributed by atoms with Crippen LogP contribution in [0.5, 0.6) is 0 Å². The van der Waals surface area contributed by atoms with E-state index in [-0.39, 0.29) is 23.9 Å². The van der Waals surface area contributed by atoms with Crippen LogP contribution in [0.15, 0.2) is 29.1 Å². The first-order chi connectivity index (χ1) is 10.9. The van der Waals surface area contributed by atoms with Crippen molar-refractivity contribution in [2.75, 3.05) is 0 Å². The van der Waals surface area contributed by atoms with Gasteiger partial charge in [-0.25, -0.2) is 5.10 Å². The normalized spacial score (nSPS) is 12.2. The van der Waals surface area contributed by atoms with Crippen LogP contribution >= 0.6 is 0 Å². The number of rotatable bonds is 5. The summed E-state index contributed by atoms with van der Waals surface area (Å²) in [7, 11) is 0. The highest BCUT2D eigenvalue weighted by Crippen LogP contribution is 2.13. The molecule has 7 nitrogen and oxygen atoms in total. The summed E-state index contributed by atoms with van der Waals surface area (Å²) in [6.07, 6.45) is -1.02. The highest BCUT2D eigenvalue weighted by atomic mass is 16.5. The fourth-order valence-corrected chi connectivity index (χ4v) is 2.14. The lowest BCUT2D eigenvalue weighted by Crippen LogP contribution is -2.39. The van der Waals surface area contributed by atoms with Crippen LogP contribution in [0.1, 0.15) is 26.5 Å². The number of benzene rings is 1. The van der Waals surface area contributed by atoms with Gasteiger partial charge in [0, 0.05) is 11.4 Å². The minimum Gasteiger partial charge on any atom is -0.452 e. The number of carbonyl (C=O) groups excluding carboxylic acids is 2. The van der Waals surface area contributed by atoms with E-state index in [1.165, 1.54) is 6.92 Å². The van der Waals surface area contributed by atoms with Gasteiger partial charge in [-0.1, -0.05) is 18.2 Å². The second kappa shape index (κ2) is 7.04. The predicted molar refractivity (Wildman–Crippen MR) is 84.9 cm³/mol. The highest BCUT2D eigenvalue weighted by molar-refractivity contribution is 5.88. The van der Waals surface area contributed by atoms with E-state index in [4.69, 9.17) is 4.74 Å². The molecule has 0 spiro atoms. The lowest BCUT2D eigenvalue weighted by molar-refractivity contribution is -0.154. The number of hydrogen-bond donors (Lipinski definition) is 2. The Kier molecular flexibility index (Phi) is 5.10. The van der Waals surface area contributed by atoms with Gasteiger partial charge in [0.15, 0.2) is 6.10 Å². The fraction of sp³-hybridized carbons (Fsp3) is 0.375. The first-order valence-corrected chi connectivity index (χ1v) is 7.34. The highest BCUT2D eigenvalue weighted by Gasteiger charge is 2.19. The number of hydrogen-bond acceptors (Lipinski definition) is 5. The molecular weight excluding hydrogens is 298 g/mol. The molecule has 0 aliphatic carbocycles. The van der Waals surface area contributed by atoms with E-state index in [9.17, 15) is 14.4 Å². The smallest absolute Gasteiger partial charge is 0.312 e. The van der Waals surface area contributed by atoms with Gasteiger partial charge in [-0.15, -0.1) is 0 Å². The molecule has 0 bridgehead atoms. The van der Waals surface area contributed by atoms with Crippen LogP contribution in [-0.2, 0) is 20.7 Å². The van der Waals surface area contributed by atoms with E-state index >= 15 is 0 Å². The maximum Gasteiger partial charge on any atom is 0.312 e. The van der Waals surface area contributed by atoms with Crippen LogP contribution in [0, 0.1) is 0 Å². The molecule has 23 heavy (non-hydrogen) atoms. The third kappa shape index (κ3) is 4.15. The van der Waals surface area contributed by atoms with Crippen LogP contribution in [0.2, 0.25) is 0 Å². The Morgan fingerprint density at radius 2 is 1.87 bits per heavy atom. The SMILES string of the molecule is CC(C)NC(=O)[C@H](C)OC(=O)Cc1n[nH]c(=O)c2ccccc12. The van der Waals surface area contributed by atoms with Crippen molar-refractivity contribution in [3.63, 3.8) is 0 Å². The Bertz CT molecular complexity index is 782. The van der Waals surface area contributed by atoms with E-state index in [1.807, 2.05) is 13.8 Å². The van der Waals surface area contributed by atoms with E-state index in [1.54, 1.807) is 24.3 Å². The van der Waals surface area contributed by atoms with Gasteiger partial charge in [-0.2, -0.15) is 5.10 Å². The predicted octanol–water partition coefficient (Wildman–Crippen LogP) is 0.922. The number of H-pyrrole nitrogens is 1. The number of ether oxygens (including phenoxy) is 1. The zero-order valence-corrected chi connectivity index (χ0v) is 13.3. The van der Waals surface area contributed by atoms with Crippen molar-refractivity contribution in [1.82, 2.24) is 15.5 Å². The summed E-state index contributed by atoms with van der Waals surface area (Å²) in [5.74, 6) is -0.936. The summed E-state index contributed by atoms with van der Waals surface area (Å²) in [5.41, 5.74) is 0.0871. The molecule has 0 radical (unpaired) electrons. The van der Waals surface area contributed by atoms with Gasteiger partial charge in [0.25, 0.3) is 11.5 Å². The van der Waals surface area contributed by atoms with Gasteiger partial charge in [-0.05, 0) is 26.8 Å². The number of amides is 1. The molecule has 1 amide bonds. The van der Waals surface area contributed by atoms with Crippen LogP contribution in [-0.4, -0.2) is 34.2 Å². The molecule has 1 aromatic heterocycles. The van der Waals surface area contributed by atoms with Crippen molar-refractivity contribution in [3.05, 3.63) is 40.3 Å². The van der Waals surface area contributed by atoms with Gasteiger partial charge in [-0.3, -0.25) is 14.4 Å². The first-order valence-electron chi connectivity index (χ1n) is 7.34. The molecule has 7 heteroatoms. The Balaban J connectivity index is 2.11. The summed E-state index contributed by atoms with van der Waals surface area (Å²) in [5, 5.41) is 9.98. The third-order valence-electron chi connectivity index (χ3n) is 3.20. The molecule has 0 saturated heterocycles. The lowest BCUT2D eigenvalue weighted by atomic mass is 10.1. The molecular formula is C16H19N3O4. The summed E-state index contributed by atoms with van der Waals surface area (Å²) in [6.45, 7) is 5.15. The zero-order chi connectivity index (χ0) is 17.0. The van der Waals surface area contributed by atoms with Gasteiger partial charge < -0.3 is 10.1 Å². The minimum atomic E-state index is -0.890. The molecule has 2 rings (SSSR count). The van der Waals surface area contributed by atoms with E-state index < -0.39 is 12.1 Å². The van der Waals surface area contributed by atoms with Crippen molar-refractivity contribution in [3.8, 4) is 0 Å². The minimum absolute atomic E-state index is 0.0338. The number of aromatic nitrogens is 2.